The number of anilines is 1. The first-order chi connectivity index (χ1) is 16.1. The van der Waals surface area contributed by atoms with Gasteiger partial charge in [0, 0.05) is 11.1 Å². The number of fused-ring (bicyclic) bond motifs is 3. The van der Waals surface area contributed by atoms with Crippen LogP contribution in [0.25, 0.3) is 11.1 Å². The summed E-state index contributed by atoms with van der Waals surface area (Å²) in [5.41, 5.74) is 1.33. The maximum absolute atomic E-state index is 12.4. The third-order valence-electron chi connectivity index (χ3n) is 5.13. The lowest BCUT2D eigenvalue weighted by molar-refractivity contribution is 0.0408. The minimum atomic E-state index is -3.45. The van der Waals surface area contributed by atoms with Crippen molar-refractivity contribution in [2.75, 3.05) is 17.6 Å². The van der Waals surface area contributed by atoms with Gasteiger partial charge in [-0.1, -0.05) is 19.9 Å². The van der Waals surface area contributed by atoms with E-state index in [1.807, 2.05) is 45.9 Å². The van der Waals surface area contributed by atoms with E-state index in [9.17, 15) is 13.2 Å². The molecule has 0 saturated heterocycles. The maximum atomic E-state index is 12.4. The van der Waals surface area contributed by atoms with Crippen molar-refractivity contribution in [2.24, 2.45) is 5.92 Å². The summed E-state index contributed by atoms with van der Waals surface area (Å²) in [6.07, 6.45) is 2.81. The molecule has 0 saturated carbocycles. The second kappa shape index (κ2) is 9.93. The standard InChI is InChI=1S/C25H35N3O6S/c1-16(2)12-25(6,27-23(29)34-24(3,4)5)15-33-18-8-9-19-17(10-18)14-32-21-13-26-22(11-20(19)21)28-35(7,30)31/h8-11,13,16H,12,14-15H2,1-7H3,(H,26,28)(H,27,29). The summed E-state index contributed by atoms with van der Waals surface area (Å²) in [5.74, 6) is 1.77. The molecular weight excluding hydrogens is 470 g/mol. The van der Waals surface area contributed by atoms with Gasteiger partial charge in [0.25, 0.3) is 0 Å². The van der Waals surface area contributed by atoms with Crippen LogP contribution < -0.4 is 19.5 Å². The Morgan fingerprint density at radius 2 is 1.89 bits per heavy atom. The van der Waals surface area contributed by atoms with Crippen LogP contribution >= 0.6 is 0 Å². The van der Waals surface area contributed by atoms with Crippen molar-refractivity contribution in [2.45, 2.75) is 65.7 Å². The van der Waals surface area contributed by atoms with Crippen molar-refractivity contribution in [3.8, 4) is 22.6 Å². The minimum Gasteiger partial charge on any atom is -0.491 e. The van der Waals surface area contributed by atoms with Gasteiger partial charge >= 0.3 is 6.09 Å². The molecule has 1 aromatic heterocycles. The van der Waals surface area contributed by atoms with Crippen LogP contribution in [0.5, 0.6) is 11.5 Å². The Morgan fingerprint density at radius 1 is 1.17 bits per heavy atom. The maximum Gasteiger partial charge on any atom is 0.408 e. The van der Waals surface area contributed by atoms with Crippen molar-refractivity contribution in [3.63, 3.8) is 0 Å². The van der Waals surface area contributed by atoms with E-state index in [4.69, 9.17) is 14.2 Å². The third kappa shape index (κ3) is 7.74. The summed E-state index contributed by atoms with van der Waals surface area (Å²) < 4.78 is 42.9. The average molecular weight is 506 g/mol. The molecule has 0 radical (unpaired) electrons. The number of nitrogens with zero attached hydrogens (tertiary/aromatic N) is 1. The van der Waals surface area contributed by atoms with E-state index in [0.717, 1.165) is 22.9 Å². The molecule has 1 atom stereocenters. The Bertz CT molecular complexity index is 1190. The van der Waals surface area contributed by atoms with Crippen LogP contribution in [0.15, 0.2) is 30.5 Å². The van der Waals surface area contributed by atoms with Gasteiger partial charge < -0.3 is 19.5 Å². The molecule has 1 amide bonds. The Balaban J connectivity index is 1.78. The van der Waals surface area contributed by atoms with Gasteiger partial charge in [-0.25, -0.2) is 18.2 Å². The van der Waals surface area contributed by atoms with Crippen molar-refractivity contribution in [3.05, 3.63) is 36.0 Å². The Kier molecular flexibility index (Phi) is 7.54. The predicted molar refractivity (Wildman–Crippen MR) is 135 cm³/mol. The van der Waals surface area contributed by atoms with Crippen LogP contribution in [0.3, 0.4) is 0 Å². The fraction of sp³-hybridized carbons (Fsp3) is 0.520. The first kappa shape index (κ1) is 26.6. The van der Waals surface area contributed by atoms with Crippen LogP contribution in [-0.4, -0.2) is 43.5 Å². The van der Waals surface area contributed by atoms with Gasteiger partial charge in [0.05, 0.1) is 18.0 Å². The molecule has 1 unspecified atom stereocenters. The number of carbonyl (C=O) groups is 1. The summed E-state index contributed by atoms with van der Waals surface area (Å²) in [7, 11) is -3.45. The summed E-state index contributed by atoms with van der Waals surface area (Å²) in [4.78, 5) is 16.5. The number of hydrogen-bond acceptors (Lipinski definition) is 7. The minimum absolute atomic E-state index is 0.223. The van der Waals surface area contributed by atoms with E-state index in [-0.39, 0.29) is 12.4 Å². The zero-order chi connectivity index (χ0) is 26.0. The first-order valence-electron chi connectivity index (χ1n) is 11.5. The molecule has 0 spiro atoms. The molecule has 0 aliphatic carbocycles. The SMILES string of the molecule is CC(C)CC(C)(COc1ccc2c(c1)COc1cnc(NS(C)(=O)=O)cc1-2)NC(=O)OC(C)(C)C. The largest absolute Gasteiger partial charge is 0.491 e. The topological polar surface area (TPSA) is 116 Å². The Hall–Kier alpha value is -3.01. The van der Waals surface area contributed by atoms with Crippen LogP contribution in [-0.2, 0) is 21.4 Å². The third-order valence-corrected chi connectivity index (χ3v) is 5.71. The van der Waals surface area contributed by atoms with E-state index in [1.54, 1.807) is 6.07 Å². The van der Waals surface area contributed by atoms with E-state index in [0.29, 0.717) is 30.4 Å². The van der Waals surface area contributed by atoms with E-state index in [1.165, 1.54) is 6.20 Å². The summed E-state index contributed by atoms with van der Waals surface area (Å²) in [6.45, 7) is 12.2. The number of alkyl carbamates (subject to hydrolysis) is 1. The van der Waals surface area contributed by atoms with E-state index < -0.39 is 27.3 Å². The van der Waals surface area contributed by atoms with Gasteiger partial charge in [-0.05, 0) is 63.8 Å². The summed E-state index contributed by atoms with van der Waals surface area (Å²) in [6, 6.07) is 7.31. The number of rotatable bonds is 8. The van der Waals surface area contributed by atoms with Crippen molar-refractivity contribution in [1.82, 2.24) is 10.3 Å². The van der Waals surface area contributed by atoms with Crippen LogP contribution in [0.1, 0.15) is 53.5 Å². The lowest BCUT2D eigenvalue weighted by Crippen LogP contribution is -2.52. The highest BCUT2D eigenvalue weighted by Crippen LogP contribution is 2.39. The fourth-order valence-electron chi connectivity index (χ4n) is 4.05. The molecule has 10 heteroatoms. The zero-order valence-electron chi connectivity index (χ0n) is 21.4. The fourth-order valence-corrected chi connectivity index (χ4v) is 4.54. The molecule has 3 rings (SSSR count). The van der Waals surface area contributed by atoms with Gasteiger partial charge in [0.1, 0.15) is 36.1 Å². The molecule has 192 valence electrons. The van der Waals surface area contributed by atoms with Gasteiger partial charge in [-0.3, -0.25) is 4.72 Å². The monoisotopic (exact) mass is 505 g/mol. The number of ether oxygens (including phenoxy) is 3. The lowest BCUT2D eigenvalue weighted by atomic mass is 9.91. The molecule has 2 aromatic rings. The molecular formula is C25H35N3O6S. The zero-order valence-corrected chi connectivity index (χ0v) is 22.2. The molecule has 1 aliphatic heterocycles. The van der Waals surface area contributed by atoms with Gasteiger partial charge in [0.2, 0.25) is 10.0 Å². The lowest BCUT2D eigenvalue weighted by Gasteiger charge is -2.33. The van der Waals surface area contributed by atoms with Gasteiger partial charge in [0.15, 0.2) is 0 Å². The molecule has 2 N–H and O–H groups in total. The number of nitrogens with one attached hydrogen (secondary N) is 2. The normalized spacial score (nSPS) is 14.7. The number of carbonyl (C=O) groups excluding carboxylic acids is 1. The van der Waals surface area contributed by atoms with E-state index >= 15 is 0 Å². The highest BCUT2D eigenvalue weighted by atomic mass is 32.2. The van der Waals surface area contributed by atoms with Crippen LogP contribution in [0.2, 0.25) is 0 Å². The van der Waals surface area contributed by atoms with Crippen molar-refractivity contribution in [1.29, 1.82) is 0 Å². The number of amides is 1. The number of benzene rings is 1. The van der Waals surface area contributed by atoms with Gasteiger partial charge in [-0.2, -0.15) is 0 Å². The first-order valence-corrected chi connectivity index (χ1v) is 13.4. The quantitative estimate of drug-likeness (QED) is 0.533. The van der Waals surface area contributed by atoms with E-state index in [2.05, 4.69) is 28.9 Å². The highest BCUT2D eigenvalue weighted by Gasteiger charge is 2.31. The predicted octanol–water partition coefficient (Wildman–Crippen LogP) is 4.72. The average Bonchev–Trinajstić information content (AvgIpc) is 2.68. The summed E-state index contributed by atoms with van der Waals surface area (Å²) in [5, 5.41) is 2.98. The Labute approximate surface area is 207 Å². The molecule has 0 fully saturated rings. The Morgan fingerprint density at radius 3 is 2.51 bits per heavy atom. The molecule has 1 aliphatic rings. The second-order valence-corrected chi connectivity index (χ2v) is 12.4. The molecule has 2 heterocycles. The van der Waals surface area contributed by atoms with Gasteiger partial charge in [-0.15, -0.1) is 0 Å². The molecule has 35 heavy (non-hydrogen) atoms. The smallest absolute Gasteiger partial charge is 0.408 e. The highest BCUT2D eigenvalue weighted by molar-refractivity contribution is 7.92. The van der Waals surface area contributed by atoms with Crippen molar-refractivity contribution < 1.29 is 27.4 Å². The van der Waals surface area contributed by atoms with Crippen LogP contribution in [0.4, 0.5) is 10.6 Å². The molecule has 1 aromatic carbocycles. The molecule has 9 nitrogen and oxygen atoms in total. The summed E-state index contributed by atoms with van der Waals surface area (Å²) >= 11 is 0. The number of hydrogen-bond donors (Lipinski definition) is 2. The number of sulfonamides is 1. The number of pyridine rings is 1. The number of aromatic nitrogens is 1. The second-order valence-electron chi connectivity index (χ2n) is 10.6. The van der Waals surface area contributed by atoms with Crippen LogP contribution in [0, 0.1) is 5.92 Å². The molecule has 0 bridgehead atoms. The van der Waals surface area contributed by atoms with Crippen molar-refractivity contribution >= 4 is 21.9 Å².